The first kappa shape index (κ1) is 22.1. The van der Waals surface area contributed by atoms with E-state index < -0.39 is 11.8 Å². The minimum atomic E-state index is -0.724. The van der Waals surface area contributed by atoms with Crippen LogP contribution >= 0.6 is 15.9 Å². The van der Waals surface area contributed by atoms with Crippen LogP contribution < -0.4 is 11.1 Å². The predicted octanol–water partition coefficient (Wildman–Crippen LogP) is 3.48. The molecule has 2 amide bonds. The molecule has 33 heavy (non-hydrogen) atoms. The van der Waals surface area contributed by atoms with Gasteiger partial charge in [0.2, 0.25) is 0 Å². The monoisotopic (exact) mass is 503 g/mol. The largest absolute Gasteiger partial charge is 0.364 e. The molecular formula is C23H18BrN7O2. The summed E-state index contributed by atoms with van der Waals surface area (Å²) in [6, 6.07) is 12.1. The number of halogens is 1. The molecule has 0 aliphatic heterocycles. The molecule has 3 aromatic heterocycles. The SMILES string of the molecule is Cc1nn(Cc2ncccc2C#N)c(C)c1NC(=O)c1cc(C(N)=O)nc2ccc(Br)cc12. The van der Waals surface area contributed by atoms with Gasteiger partial charge in [-0.05, 0) is 50.2 Å². The maximum absolute atomic E-state index is 13.3. The van der Waals surface area contributed by atoms with Crippen LogP contribution in [-0.4, -0.2) is 31.6 Å². The summed E-state index contributed by atoms with van der Waals surface area (Å²) in [5.74, 6) is -1.15. The van der Waals surface area contributed by atoms with E-state index >= 15 is 0 Å². The molecule has 0 atom stereocenters. The number of amides is 2. The van der Waals surface area contributed by atoms with Crippen LogP contribution in [0.25, 0.3) is 10.9 Å². The number of nitrogens with zero attached hydrogens (tertiary/aromatic N) is 5. The minimum Gasteiger partial charge on any atom is -0.364 e. The number of aromatic nitrogens is 4. The number of benzene rings is 1. The average Bonchev–Trinajstić information content (AvgIpc) is 3.05. The second kappa shape index (κ2) is 8.80. The van der Waals surface area contributed by atoms with Crippen LogP contribution in [-0.2, 0) is 6.54 Å². The predicted molar refractivity (Wildman–Crippen MR) is 126 cm³/mol. The fraction of sp³-hybridized carbons (Fsp3) is 0.130. The molecule has 0 aliphatic carbocycles. The van der Waals surface area contributed by atoms with E-state index in [1.807, 2.05) is 6.92 Å². The zero-order chi connectivity index (χ0) is 23.7. The first-order valence-corrected chi connectivity index (χ1v) is 10.7. The molecule has 10 heteroatoms. The van der Waals surface area contributed by atoms with Gasteiger partial charge >= 0.3 is 0 Å². The summed E-state index contributed by atoms with van der Waals surface area (Å²) in [5, 5.41) is 17.3. The summed E-state index contributed by atoms with van der Waals surface area (Å²) in [6.07, 6.45) is 1.62. The van der Waals surface area contributed by atoms with Crippen molar-refractivity contribution in [1.29, 1.82) is 5.26 Å². The number of nitriles is 1. The molecule has 0 aliphatic rings. The number of hydrogen-bond donors (Lipinski definition) is 2. The van der Waals surface area contributed by atoms with E-state index in [1.54, 1.807) is 48.1 Å². The lowest BCUT2D eigenvalue weighted by Crippen LogP contribution is -2.18. The highest BCUT2D eigenvalue weighted by Crippen LogP contribution is 2.26. The standard InChI is InChI=1S/C23H18BrN7O2/c1-12-21(13(2)31(30-12)11-20-14(10-25)4-3-7-27-20)29-23(33)17-9-19(22(26)32)28-18-6-5-15(24)8-16(17)18/h3-9H,11H2,1-2H3,(H2,26,32)(H,29,33). The van der Waals surface area contributed by atoms with Gasteiger partial charge in [0.05, 0.1) is 46.0 Å². The Hall–Kier alpha value is -4.10. The molecule has 0 unspecified atom stereocenters. The van der Waals surface area contributed by atoms with Gasteiger partial charge in [0.25, 0.3) is 11.8 Å². The Labute approximate surface area is 197 Å². The first-order valence-electron chi connectivity index (χ1n) is 9.88. The van der Waals surface area contributed by atoms with Gasteiger partial charge < -0.3 is 11.1 Å². The van der Waals surface area contributed by atoms with Gasteiger partial charge in [-0.2, -0.15) is 10.4 Å². The van der Waals surface area contributed by atoms with Crippen LogP contribution in [0, 0.1) is 25.2 Å². The van der Waals surface area contributed by atoms with Crippen molar-refractivity contribution in [1.82, 2.24) is 19.7 Å². The number of pyridine rings is 2. The molecule has 3 heterocycles. The molecule has 3 N–H and O–H groups in total. The lowest BCUT2D eigenvalue weighted by atomic mass is 10.1. The zero-order valence-corrected chi connectivity index (χ0v) is 19.3. The van der Waals surface area contributed by atoms with Gasteiger partial charge in [0, 0.05) is 16.1 Å². The second-order valence-electron chi connectivity index (χ2n) is 7.35. The van der Waals surface area contributed by atoms with Gasteiger partial charge in [-0.15, -0.1) is 0 Å². The Morgan fingerprint density at radius 1 is 1.24 bits per heavy atom. The van der Waals surface area contributed by atoms with E-state index in [-0.39, 0.29) is 17.8 Å². The highest BCUT2D eigenvalue weighted by Gasteiger charge is 2.20. The lowest BCUT2D eigenvalue weighted by Gasteiger charge is -2.11. The number of aryl methyl sites for hydroxylation is 1. The molecule has 164 valence electrons. The highest BCUT2D eigenvalue weighted by molar-refractivity contribution is 9.10. The van der Waals surface area contributed by atoms with Crippen molar-refractivity contribution >= 4 is 44.3 Å². The number of primary amides is 1. The molecule has 4 aromatic rings. The van der Waals surface area contributed by atoms with Crippen molar-refractivity contribution in [3.8, 4) is 6.07 Å². The number of rotatable bonds is 5. The van der Waals surface area contributed by atoms with Crippen molar-refractivity contribution in [3.63, 3.8) is 0 Å². The Morgan fingerprint density at radius 3 is 2.76 bits per heavy atom. The van der Waals surface area contributed by atoms with E-state index in [0.29, 0.717) is 39.2 Å². The minimum absolute atomic E-state index is 0.00158. The van der Waals surface area contributed by atoms with Crippen molar-refractivity contribution < 1.29 is 9.59 Å². The van der Waals surface area contributed by atoms with E-state index in [1.165, 1.54) is 6.07 Å². The summed E-state index contributed by atoms with van der Waals surface area (Å²) in [7, 11) is 0. The van der Waals surface area contributed by atoms with Crippen molar-refractivity contribution in [2.24, 2.45) is 5.73 Å². The number of anilines is 1. The lowest BCUT2D eigenvalue weighted by molar-refractivity contribution is 0.0996. The van der Waals surface area contributed by atoms with Gasteiger partial charge in [0.15, 0.2) is 0 Å². The van der Waals surface area contributed by atoms with E-state index in [2.05, 4.69) is 42.4 Å². The number of hydrogen-bond acceptors (Lipinski definition) is 6. The topological polar surface area (TPSA) is 140 Å². The van der Waals surface area contributed by atoms with Crippen molar-refractivity contribution in [3.05, 3.63) is 81.0 Å². The molecule has 9 nitrogen and oxygen atoms in total. The van der Waals surface area contributed by atoms with Gasteiger partial charge in [-0.1, -0.05) is 15.9 Å². The average molecular weight is 504 g/mol. The zero-order valence-electron chi connectivity index (χ0n) is 17.8. The Morgan fingerprint density at radius 2 is 2.03 bits per heavy atom. The Kier molecular flexibility index (Phi) is 5.89. The third-order valence-corrected chi connectivity index (χ3v) is 5.69. The van der Waals surface area contributed by atoms with Gasteiger partial charge in [0.1, 0.15) is 11.8 Å². The maximum Gasteiger partial charge on any atom is 0.267 e. The van der Waals surface area contributed by atoms with Gasteiger partial charge in [-0.25, -0.2) is 4.98 Å². The van der Waals surface area contributed by atoms with Crippen LogP contribution in [0.15, 0.2) is 47.1 Å². The number of nitrogens with two attached hydrogens (primary N) is 1. The molecule has 4 rings (SSSR count). The van der Waals surface area contributed by atoms with E-state index in [9.17, 15) is 14.9 Å². The van der Waals surface area contributed by atoms with E-state index in [4.69, 9.17) is 5.73 Å². The van der Waals surface area contributed by atoms with Crippen LogP contribution in [0.2, 0.25) is 0 Å². The normalized spacial score (nSPS) is 10.7. The molecule has 1 aromatic carbocycles. The number of carbonyl (C=O) groups excluding carboxylic acids is 2. The summed E-state index contributed by atoms with van der Waals surface area (Å²) in [6.45, 7) is 3.88. The third-order valence-electron chi connectivity index (χ3n) is 5.20. The van der Waals surface area contributed by atoms with E-state index in [0.717, 1.165) is 4.47 Å². The quantitative estimate of drug-likeness (QED) is 0.427. The molecule has 0 bridgehead atoms. The fourth-order valence-corrected chi connectivity index (χ4v) is 3.89. The number of carbonyl (C=O) groups is 2. The van der Waals surface area contributed by atoms with Gasteiger partial charge in [-0.3, -0.25) is 19.3 Å². The van der Waals surface area contributed by atoms with Crippen molar-refractivity contribution in [2.75, 3.05) is 5.32 Å². The summed E-state index contributed by atoms with van der Waals surface area (Å²) >= 11 is 3.41. The van der Waals surface area contributed by atoms with Crippen LogP contribution in [0.4, 0.5) is 5.69 Å². The number of nitrogens with one attached hydrogen (secondary N) is 1. The molecular weight excluding hydrogens is 486 g/mol. The molecule has 0 saturated carbocycles. The molecule has 0 radical (unpaired) electrons. The summed E-state index contributed by atoms with van der Waals surface area (Å²) in [5.41, 5.74) is 9.04. The van der Waals surface area contributed by atoms with Crippen LogP contribution in [0.3, 0.4) is 0 Å². The first-order chi connectivity index (χ1) is 15.8. The summed E-state index contributed by atoms with van der Waals surface area (Å²) < 4.78 is 2.45. The molecule has 0 spiro atoms. The maximum atomic E-state index is 13.3. The molecule has 0 saturated heterocycles. The molecule has 0 fully saturated rings. The third kappa shape index (κ3) is 4.31. The van der Waals surface area contributed by atoms with Crippen LogP contribution in [0.1, 0.15) is 43.5 Å². The highest BCUT2D eigenvalue weighted by atomic mass is 79.9. The Bertz CT molecular complexity index is 1470. The van der Waals surface area contributed by atoms with Crippen LogP contribution in [0.5, 0.6) is 0 Å². The second-order valence-corrected chi connectivity index (χ2v) is 8.26. The fourth-order valence-electron chi connectivity index (χ4n) is 3.53. The number of fused-ring (bicyclic) bond motifs is 1. The summed E-state index contributed by atoms with van der Waals surface area (Å²) in [4.78, 5) is 33.6. The smallest absolute Gasteiger partial charge is 0.267 e. The van der Waals surface area contributed by atoms with Crippen molar-refractivity contribution in [2.45, 2.75) is 20.4 Å². The Balaban J connectivity index is 1.71.